The second-order valence-electron chi connectivity index (χ2n) is 8.10. The molecular formula is C28H28N4O2. The first-order valence-electron chi connectivity index (χ1n) is 11.3. The number of likely N-dealkylation sites (N-methyl/N-ethyl adjacent to an activating group) is 1. The van der Waals surface area contributed by atoms with Gasteiger partial charge in [0, 0.05) is 25.4 Å². The van der Waals surface area contributed by atoms with Crippen molar-refractivity contribution in [3.05, 3.63) is 114 Å². The van der Waals surface area contributed by atoms with Gasteiger partial charge < -0.3 is 15.3 Å². The van der Waals surface area contributed by atoms with E-state index in [1.165, 1.54) is 10.5 Å². The third-order valence-corrected chi connectivity index (χ3v) is 5.58. The second kappa shape index (κ2) is 11.2. The number of aliphatic hydroxyl groups excluding tert-OH is 1. The summed E-state index contributed by atoms with van der Waals surface area (Å²) in [5.41, 5.74) is 3.77. The molecule has 0 radical (unpaired) electrons. The van der Waals surface area contributed by atoms with Crippen molar-refractivity contribution in [1.29, 1.82) is 0 Å². The topological polar surface area (TPSA) is 78.3 Å². The highest BCUT2D eigenvalue weighted by atomic mass is 16.3. The van der Waals surface area contributed by atoms with Crippen molar-refractivity contribution in [3.63, 3.8) is 0 Å². The third-order valence-electron chi connectivity index (χ3n) is 5.58. The van der Waals surface area contributed by atoms with E-state index in [2.05, 4.69) is 27.4 Å². The normalized spacial score (nSPS) is 11.6. The fourth-order valence-electron chi connectivity index (χ4n) is 3.73. The molecule has 0 aliphatic heterocycles. The summed E-state index contributed by atoms with van der Waals surface area (Å²) in [7, 11) is 1.68. The van der Waals surface area contributed by atoms with Crippen LogP contribution in [-0.4, -0.2) is 46.0 Å². The molecule has 1 atom stereocenters. The lowest BCUT2D eigenvalue weighted by molar-refractivity contribution is 0.0681. The van der Waals surface area contributed by atoms with Gasteiger partial charge in [-0.05, 0) is 17.5 Å². The molecule has 1 aromatic heterocycles. The maximum absolute atomic E-state index is 13.3. The van der Waals surface area contributed by atoms with E-state index in [4.69, 9.17) is 0 Å². The molecule has 1 amide bonds. The van der Waals surface area contributed by atoms with Crippen LogP contribution in [-0.2, 0) is 6.42 Å². The highest BCUT2D eigenvalue weighted by Gasteiger charge is 2.22. The number of aromatic nitrogens is 2. The van der Waals surface area contributed by atoms with Crippen LogP contribution >= 0.6 is 0 Å². The number of hydrogen-bond acceptors (Lipinski definition) is 5. The van der Waals surface area contributed by atoms with Gasteiger partial charge in [0.25, 0.3) is 5.91 Å². The average molecular weight is 453 g/mol. The van der Waals surface area contributed by atoms with Crippen LogP contribution in [0, 0.1) is 0 Å². The Kier molecular flexibility index (Phi) is 7.63. The molecule has 0 bridgehead atoms. The van der Waals surface area contributed by atoms with Crippen molar-refractivity contribution >= 4 is 11.9 Å². The summed E-state index contributed by atoms with van der Waals surface area (Å²) < 4.78 is 0. The van der Waals surface area contributed by atoms with Gasteiger partial charge in [0.05, 0.1) is 23.9 Å². The predicted octanol–water partition coefficient (Wildman–Crippen LogP) is 4.60. The molecule has 4 rings (SSSR count). The fraction of sp³-hybridized carbons (Fsp3) is 0.179. The zero-order valence-corrected chi connectivity index (χ0v) is 19.1. The fourth-order valence-corrected chi connectivity index (χ4v) is 3.73. The predicted molar refractivity (Wildman–Crippen MR) is 134 cm³/mol. The lowest BCUT2D eigenvalue weighted by Gasteiger charge is -2.22. The van der Waals surface area contributed by atoms with Gasteiger partial charge in [0.2, 0.25) is 5.95 Å². The molecule has 34 heavy (non-hydrogen) atoms. The van der Waals surface area contributed by atoms with Crippen LogP contribution in [0.5, 0.6) is 0 Å². The van der Waals surface area contributed by atoms with Crippen LogP contribution < -0.4 is 5.32 Å². The van der Waals surface area contributed by atoms with E-state index in [-0.39, 0.29) is 12.5 Å². The molecule has 0 saturated carbocycles. The highest BCUT2D eigenvalue weighted by Crippen LogP contribution is 2.24. The molecule has 0 fully saturated rings. The highest BCUT2D eigenvalue weighted by molar-refractivity contribution is 5.99. The first-order chi connectivity index (χ1) is 16.6. The van der Waals surface area contributed by atoms with Gasteiger partial charge in [-0.1, -0.05) is 91.0 Å². The number of carbonyl (C=O) groups excluding carboxylic acids is 1. The molecule has 3 aromatic carbocycles. The Balaban J connectivity index is 1.53. The maximum Gasteiger partial charge on any atom is 0.257 e. The van der Waals surface area contributed by atoms with E-state index in [9.17, 15) is 9.90 Å². The summed E-state index contributed by atoms with van der Waals surface area (Å²) in [6, 6.07) is 29.1. The smallest absolute Gasteiger partial charge is 0.257 e. The molecule has 1 heterocycles. The van der Waals surface area contributed by atoms with Crippen molar-refractivity contribution < 1.29 is 9.90 Å². The van der Waals surface area contributed by atoms with Gasteiger partial charge in [-0.15, -0.1) is 0 Å². The van der Waals surface area contributed by atoms with Crippen molar-refractivity contribution in [2.75, 3.05) is 25.5 Å². The lowest BCUT2D eigenvalue weighted by Crippen LogP contribution is -2.31. The number of nitrogens with zero attached hydrogens (tertiary/aromatic N) is 3. The first-order valence-corrected chi connectivity index (χ1v) is 11.3. The Hall–Kier alpha value is -4.03. The average Bonchev–Trinajstić information content (AvgIpc) is 2.90. The van der Waals surface area contributed by atoms with Gasteiger partial charge in [0.1, 0.15) is 0 Å². The van der Waals surface area contributed by atoms with Gasteiger partial charge in [-0.3, -0.25) is 4.79 Å². The van der Waals surface area contributed by atoms with Crippen molar-refractivity contribution in [3.8, 4) is 11.3 Å². The summed E-state index contributed by atoms with van der Waals surface area (Å²) >= 11 is 0. The number of rotatable bonds is 9. The van der Waals surface area contributed by atoms with Crippen LogP contribution in [0.3, 0.4) is 0 Å². The molecular weight excluding hydrogens is 424 g/mol. The maximum atomic E-state index is 13.3. The van der Waals surface area contributed by atoms with Crippen LogP contribution in [0.4, 0.5) is 5.95 Å². The van der Waals surface area contributed by atoms with Crippen molar-refractivity contribution in [1.82, 2.24) is 14.9 Å². The van der Waals surface area contributed by atoms with E-state index in [0.29, 0.717) is 23.8 Å². The molecule has 0 saturated heterocycles. The zero-order valence-electron chi connectivity index (χ0n) is 19.1. The van der Waals surface area contributed by atoms with Crippen LogP contribution in [0.1, 0.15) is 27.6 Å². The van der Waals surface area contributed by atoms with Gasteiger partial charge in [-0.2, -0.15) is 0 Å². The molecule has 6 nitrogen and oxygen atoms in total. The second-order valence-corrected chi connectivity index (χ2v) is 8.10. The van der Waals surface area contributed by atoms with Gasteiger partial charge >= 0.3 is 0 Å². The summed E-state index contributed by atoms with van der Waals surface area (Å²) in [4.78, 5) is 23.9. The summed E-state index contributed by atoms with van der Waals surface area (Å²) in [6.07, 6.45) is 1.62. The van der Waals surface area contributed by atoms with Gasteiger partial charge in [-0.25, -0.2) is 9.97 Å². The number of amides is 1. The van der Waals surface area contributed by atoms with Crippen LogP contribution in [0.15, 0.2) is 97.2 Å². The minimum atomic E-state index is -0.782. The number of hydrogen-bond donors (Lipinski definition) is 2. The standard InChI is InChI=1S/C28H28N4O2/c1-32(20-25(33)22-13-7-3-8-14-22)27(34)24-19-30-28(29-18-17-21-11-5-2-6-12-21)31-26(24)23-15-9-4-10-16-23/h2-16,19,25,33H,17-18,20H2,1H3,(H,29,30,31). The largest absolute Gasteiger partial charge is 0.387 e. The summed E-state index contributed by atoms with van der Waals surface area (Å²) in [5, 5.41) is 13.8. The van der Waals surface area contributed by atoms with Gasteiger partial charge in [0.15, 0.2) is 0 Å². The molecule has 6 heteroatoms. The minimum absolute atomic E-state index is 0.161. The van der Waals surface area contributed by atoms with E-state index < -0.39 is 6.10 Å². The lowest BCUT2D eigenvalue weighted by atomic mass is 10.1. The number of carbonyl (C=O) groups is 1. The minimum Gasteiger partial charge on any atom is -0.387 e. The number of anilines is 1. The number of nitrogens with one attached hydrogen (secondary N) is 1. The molecule has 0 aliphatic rings. The van der Waals surface area contributed by atoms with Crippen LogP contribution in [0.25, 0.3) is 11.3 Å². The molecule has 4 aromatic rings. The van der Waals surface area contributed by atoms with E-state index >= 15 is 0 Å². The first kappa shape index (κ1) is 23.1. The third kappa shape index (κ3) is 5.85. The van der Waals surface area contributed by atoms with Crippen molar-refractivity contribution in [2.45, 2.75) is 12.5 Å². The Morgan fingerprint density at radius 2 is 1.56 bits per heavy atom. The molecule has 1 unspecified atom stereocenters. The Morgan fingerprint density at radius 3 is 2.24 bits per heavy atom. The Morgan fingerprint density at radius 1 is 0.941 bits per heavy atom. The molecule has 2 N–H and O–H groups in total. The van der Waals surface area contributed by atoms with E-state index in [1.807, 2.05) is 78.9 Å². The monoisotopic (exact) mass is 452 g/mol. The molecule has 172 valence electrons. The number of benzene rings is 3. The SMILES string of the molecule is CN(CC(O)c1ccccc1)C(=O)c1cnc(NCCc2ccccc2)nc1-c1ccccc1. The quantitative estimate of drug-likeness (QED) is 0.388. The van der Waals surface area contributed by atoms with Crippen LogP contribution in [0.2, 0.25) is 0 Å². The summed E-state index contributed by atoms with van der Waals surface area (Å²) in [6.45, 7) is 0.836. The zero-order chi connectivity index (χ0) is 23.8. The van der Waals surface area contributed by atoms with E-state index in [0.717, 1.165) is 17.5 Å². The van der Waals surface area contributed by atoms with E-state index in [1.54, 1.807) is 13.2 Å². The Bertz CT molecular complexity index is 1200. The molecule has 0 spiro atoms. The molecule has 0 aliphatic carbocycles. The number of aliphatic hydroxyl groups is 1. The van der Waals surface area contributed by atoms with Crippen molar-refractivity contribution in [2.24, 2.45) is 0 Å². The summed E-state index contributed by atoms with van der Waals surface area (Å²) in [5.74, 6) is 0.225. The Labute approximate surface area is 199 Å².